The van der Waals surface area contributed by atoms with Crippen molar-refractivity contribution >= 4 is 29.0 Å². The van der Waals surface area contributed by atoms with E-state index in [1.807, 2.05) is 19.1 Å². The third-order valence-electron chi connectivity index (χ3n) is 5.18. The summed E-state index contributed by atoms with van der Waals surface area (Å²) in [6, 6.07) is 14.1. The Morgan fingerprint density at radius 3 is 2.56 bits per heavy atom. The third kappa shape index (κ3) is 5.16. The monoisotopic (exact) mass is 508 g/mol. The van der Waals surface area contributed by atoms with Crippen LogP contribution >= 0.6 is 11.6 Å². The maximum atomic E-state index is 14.8. The molecule has 8 nitrogen and oxygen atoms in total. The number of hydrogen-bond acceptors (Lipinski definition) is 6. The van der Waals surface area contributed by atoms with Crippen LogP contribution in [0.1, 0.15) is 22.8 Å². The molecule has 2 heterocycles. The van der Waals surface area contributed by atoms with E-state index in [1.165, 1.54) is 35.2 Å². The van der Waals surface area contributed by atoms with Gasteiger partial charge in [0.05, 0.1) is 6.61 Å². The molecule has 0 radical (unpaired) electrons. The number of anilines is 2. The van der Waals surface area contributed by atoms with Crippen molar-refractivity contribution in [3.05, 3.63) is 99.3 Å². The van der Waals surface area contributed by atoms with Gasteiger partial charge in [0.1, 0.15) is 22.2 Å². The number of nitrogens with zero attached hydrogens (tertiary/aromatic N) is 2. The van der Waals surface area contributed by atoms with Gasteiger partial charge in [0.25, 0.3) is 11.5 Å². The van der Waals surface area contributed by atoms with Gasteiger partial charge in [0.15, 0.2) is 17.3 Å². The minimum absolute atomic E-state index is 0.0442. The smallest absolute Gasteiger partial charge is 0.271 e. The van der Waals surface area contributed by atoms with E-state index in [4.69, 9.17) is 26.8 Å². The van der Waals surface area contributed by atoms with Crippen LogP contribution in [0.25, 0.3) is 5.69 Å². The second-order valence-corrected chi connectivity index (χ2v) is 8.09. The van der Waals surface area contributed by atoms with Crippen LogP contribution in [0.3, 0.4) is 0 Å². The number of ether oxygens (including phenoxy) is 2. The molecule has 0 bridgehead atoms. The van der Waals surface area contributed by atoms with Crippen molar-refractivity contribution in [3.8, 4) is 22.9 Å². The maximum Gasteiger partial charge on any atom is 0.271 e. The molecule has 0 aliphatic carbocycles. The lowest BCUT2D eigenvalue weighted by Crippen LogP contribution is -2.29. The predicted molar refractivity (Wildman–Crippen MR) is 136 cm³/mol. The molecule has 10 heteroatoms. The molecule has 0 spiro atoms. The summed E-state index contributed by atoms with van der Waals surface area (Å²) in [6.45, 7) is 3.92. The summed E-state index contributed by atoms with van der Waals surface area (Å²) >= 11 is 6.05. The molecule has 2 aromatic carbocycles. The highest BCUT2D eigenvalue weighted by atomic mass is 35.5. The van der Waals surface area contributed by atoms with Crippen molar-refractivity contribution in [2.75, 3.05) is 17.7 Å². The lowest BCUT2D eigenvalue weighted by atomic mass is 10.2. The average molecular weight is 509 g/mol. The highest BCUT2D eigenvalue weighted by Gasteiger charge is 2.21. The number of rotatable bonds is 7. The number of nitrogen functional groups attached to an aromatic ring is 1. The fourth-order valence-electron chi connectivity index (χ4n) is 3.41. The number of amides is 1. The molecule has 184 valence electrons. The average Bonchev–Trinajstić information content (AvgIpc) is 2.84. The summed E-state index contributed by atoms with van der Waals surface area (Å²) in [5, 5.41) is 2.60. The molecule has 4 rings (SSSR count). The molecule has 1 amide bonds. The van der Waals surface area contributed by atoms with Crippen molar-refractivity contribution in [2.45, 2.75) is 13.8 Å². The Hall–Kier alpha value is -4.37. The van der Waals surface area contributed by atoms with Gasteiger partial charge in [-0.2, -0.15) is 0 Å². The molecule has 0 atom stereocenters. The van der Waals surface area contributed by atoms with E-state index in [2.05, 4.69) is 10.3 Å². The Kier molecular flexibility index (Phi) is 7.21. The quantitative estimate of drug-likeness (QED) is 0.348. The summed E-state index contributed by atoms with van der Waals surface area (Å²) in [5.41, 5.74) is 6.59. The fraction of sp³-hybridized carbons (Fsp3) is 0.115. The normalized spacial score (nSPS) is 10.7. The van der Waals surface area contributed by atoms with Crippen LogP contribution in [0, 0.1) is 12.7 Å². The number of nitrogens with one attached hydrogen (secondary N) is 1. The van der Waals surface area contributed by atoms with Gasteiger partial charge in [-0.1, -0.05) is 29.3 Å². The zero-order valence-corrected chi connectivity index (χ0v) is 20.2. The highest BCUT2D eigenvalue weighted by molar-refractivity contribution is 6.34. The summed E-state index contributed by atoms with van der Waals surface area (Å²) in [4.78, 5) is 30.2. The van der Waals surface area contributed by atoms with Gasteiger partial charge in [-0.3, -0.25) is 14.2 Å². The number of carbonyl (C=O) groups is 1. The van der Waals surface area contributed by atoms with Gasteiger partial charge in [-0.05, 0) is 44.2 Å². The number of carbonyl (C=O) groups excluding carboxylic acids is 1. The Bertz CT molecular complexity index is 1490. The number of hydrogen-bond donors (Lipinski definition) is 2. The molecule has 36 heavy (non-hydrogen) atoms. The largest absolute Gasteiger partial charge is 0.493 e. The van der Waals surface area contributed by atoms with Crippen LogP contribution < -0.4 is 26.1 Å². The lowest BCUT2D eigenvalue weighted by Gasteiger charge is -2.14. The van der Waals surface area contributed by atoms with Crippen molar-refractivity contribution in [2.24, 2.45) is 0 Å². The van der Waals surface area contributed by atoms with E-state index in [-0.39, 0.29) is 45.9 Å². The van der Waals surface area contributed by atoms with Crippen LogP contribution in [0.4, 0.5) is 15.9 Å². The number of aromatic nitrogens is 2. The van der Waals surface area contributed by atoms with E-state index in [0.29, 0.717) is 5.69 Å². The van der Waals surface area contributed by atoms with Crippen LogP contribution in [-0.2, 0) is 0 Å². The highest BCUT2D eigenvalue weighted by Crippen LogP contribution is 2.34. The molecular weight excluding hydrogens is 487 g/mol. The minimum atomic E-state index is -0.769. The van der Waals surface area contributed by atoms with Crippen LogP contribution in [0.5, 0.6) is 17.2 Å². The lowest BCUT2D eigenvalue weighted by molar-refractivity contribution is 0.102. The Labute approximate surface area is 211 Å². The molecule has 0 saturated heterocycles. The van der Waals surface area contributed by atoms with Gasteiger partial charge in [-0.25, -0.2) is 9.37 Å². The molecule has 0 aliphatic rings. The number of nitrogens with two attached hydrogens (primary N) is 1. The van der Waals surface area contributed by atoms with Gasteiger partial charge in [0, 0.05) is 35.9 Å². The maximum absolute atomic E-state index is 14.8. The Balaban J connectivity index is 1.63. The van der Waals surface area contributed by atoms with E-state index in [9.17, 15) is 14.0 Å². The number of pyridine rings is 2. The zero-order valence-electron chi connectivity index (χ0n) is 19.4. The van der Waals surface area contributed by atoms with Crippen molar-refractivity contribution in [1.29, 1.82) is 0 Å². The van der Waals surface area contributed by atoms with E-state index < -0.39 is 17.3 Å². The molecular formula is C26H22ClFN4O4. The summed E-state index contributed by atoms with van der Waals surface area (Å²) in [6.07, 6.45) is 2.92. The number of aryl methyl sites for hydroxylation is 1. The summed E-state index contributed by atoms with van der Waals surface area (Å²) in [7, 11) is 0. The van der Waals surface area contributed by atoms with Crippen molar-refractivity contribution in [3.63, 3.8) is 0 Å². The Morgan fingerprint density at radius 1 is 1.11 bits per heavy atom. The van der Waals surface area contributed by atoms with Crippen LogP contribution in [-0.4, -0.2) is 22.1 Å². The number of halogens is 2. The van der Waals surface area contributed by atoms with Gasteiger partial charge >= 0.3 is 0 Å². The first-order valence-electron chi connectivity index (χ1n) is 10.9. The Morgan fingerprint density at radius 2 is 1.86 bits per heavy atom. The first-order valence-corrected chi connectivity index (χ1v) is 11.3. The second-order valence-electron chi connectivity index (χ2n) is 7.71. The minimum Gasteiger partial charge on any atom is -0.493 e. The molecule has 0 fully saturated rings. The van der Waals surface area contributed by atoms with E-state index in [1.54, 1.807) is 25.1 Å². The molecule has 0 saturated carbocycles. The first-order chi connectivity index (χ1) is 17.3. The van der Waals surface area contributed by atoms with Crippen LogP contribution in [0.2, 0.25) is 5.02 Å². The SMILES string of the molecule is CCOc1ccn(-c2ccc(C)cc2)c(=O)c1C(=O)Nc1ccc(Oc2ccnc(N)c2Cl)c(F)c1. The third-order valence-corrected chi connectivity index (χ3v) is 5.56. The molecule has 2 aromatic heterocycles. The van der Waals surface area contributed by atoms with Crippen LogP contribution in [0.15, 0.2) is 71.8 Å². The number of benzene rings is 2. The topological polar surface area (TPSA) is 108 Å². The van der Waals surface area contributed by atoms with E-state index in [0.717, 1.165) is 11.6 Å². The summed E-state index contributed by atoms with van der Waals surface area (Å²) in [5.74, 6) is -1.37. The molecule has 3 N–H and O–H groups in total. The standard InChI is InChI=1S/C26H22ClFN4O4/c1-3-35-20-11-13-32(17-7-4-15(2)5-8-17)26(34)22(20)25(33)31-16-6-9-19(18(28)14-16)36-21-10-12-30-24(29)23(21)27/h4-14H,3H2,1-2H3,(H2,29,30)(H,31,33). The zero-order chi connectivity index (χ0) is 25.8. The molecule has 0 unspecified atom stereocenters. The van der Waals surface area contributed by atoms with Crippen molar-refractivity contribution < 1.29 is 18.7 Å². The molecule has 0 aliphatic heterocycles. The van der Waals surface area contributed by atoms with Gasteiger partial charge in [-0.15, -0.1) is 0 Å². The van der Waals surface area contributed by atoms with Crippen molar-refractivity contribution in [1.82, 2.24) is 9.55 Å². The van der Waals surface area contributed by atoms with Gasteiger partial charge < -0.3 is 20.5 Å². The summed E-state index contributed by atoms with van der Waals surface area (Å²) < 4.78 is 27.1. The predicted octanol–water partition coefficient (Wildman–Crippen LogP) is 5.36. The second kappa shape index (κ2) is 10.5. The molecule has 4 aromatic rings. The fourth-order valence-corrected chi connectivity index (χ4v) is 3.56. The first kappa shape index (κ1) is 24.7. The van der Waals surface area contributed by atoms with E-state index >= 15 is 0 Å². The van der Waals surface area contributed by atoms with Gasteiger partial charge in [0.2, 0.25) is 0 Å².